The summed E-state index contributed by atoms with van der Waals surface area (Å²) in [5, 5.41) is 0.764. The van der Waals surface area contributed by atoms with E-state index in [2.05, 4.69) is 0 Å². The lowest BCUT2D eigenvalue weighted by atomic mass is 9.84. The number of carbonyl (C=O) groups is 2. The van der Waals surface area contributed by atoms with Crippen molar-refractivity contribution in [3.63, 3.8) is 0 Å². The number of hydrogen-bond donors (Lipinski definition) is 0. The second kappa shape index (κ2) is 4.74. The van der Waals surface area contributed by atoms with E-state index in [1.165, 1.54) is 24.3 Å². The molecule has 2 aromatic rings. The Morgan fingerprint density at radius 3 is 1.30 bits per heavy atom. The Morgan fingerprint density at radius 2 is 0.950 bits per heavy atom. The third kappa shape index (κ3) is 1.87. The molecule has 0 N–H and O–H groups in total. The zero-order chi connectivity index (χ0) is 14.6. The molecule has 1 aliphatic carbocycles. The van der Waals surface area contributed by atoms with Gasteiger partial charge in [-0.05, 0) is 24.3 Å². The SMILES string of the molecule is O=C1c2cc(Cl)c(Cl)cc2C(=O)c2c(Cl)ccc(Cl)c21. The second-order valence-electron chi connectivity index (χ2n) is 4.25. The fourth-order valence-corrected chi connectivity index (χ4v) is 3.00. The van der Waals surface area contributed by atoms with Gasteiger partial charge in [0.25, 0.3) is 0 Å². The molecule has 2 nitrogen and oxygen atoms in total. The van der Waals surface area contributed by atoms with Crippen LogP contribution in [0, 0.1) is 0 Å². The van der Waals surface area contributed by atoms with Gasteiger partial charge in [-0.2, -0.15) is 0 Å². The minimum Gasteiger partial charge on any atom is -0.289 e. The topological polar surface area (TPSA) is 34.1 Å². The third-order valence-corrected chi connectivity index (χ3v) is 4.46. The van der Waals surface area contributed by atoms with Crippen LogP contribution < -0.4 is 0 Å². The highest BCUT2D eigenvalue weighted by atomic mass is 35.5. The molecule has 0 spiro atoms. The molecule has 0 amide bonds. The van der Waals surface area contributed by atoms with Crippen molar-refractivity contribution in [2.45, 2.75) is 0 Å². The van der Waals surface area contributed by atoms with E-state index in [9.17, 15) is 9.59 Å². The first-order valence-corrected chi connectivity index (χ1v) is 6.99. The number of benzene rings is 2. The van der Waals surface area contributed by atoms with Gasteiger partial charge in [-0.25, -0.2) is 0 Å². The summed E-state index contributed by atoms with van der Waals surface area (Å²) in [4.78, 5) is 25.0. The molecular weight excluding hydrogens is 342 g/mol. The van der Waals surface area contributed by atoms with E-state index in [0.29, 0.717) is 0 Å². The summed E-state index contributed by atoms with van der Waals surface area (Å²) >= 11 is 23.8. The maximum Gasteiger partial charge on any atom is 0.196 e. The molecule has 0 bridgehead atoms. The van der Waals surface area contributed by atoms with E-state index in [-0.39, 0.29) is 53.9 Å². The molecule has 100 valence electrons. The van der Waals surface area contributed by atoms with Gasteiger partial charge in [-0.1, -0.05) is 46.4 Å². The van der Waals surface area contributed by atoms with Crippen molar-refractivity contribution in [2.24, 2.45) is 0 Å². The van der Waals surface area contributed by atoms with Crippen LogP contribution in [0.25, 0.3) is 0 Å². The van der Waals surface area contributed by atoms with E-state index in [1.807, 2.05) is 0 Å². The molecule has 2 aromatic carbocycles. The third-order valence-electron chi connectivity index (χ3n) is 3.11. The number of fused-ring (bicyclic) bond motifs is 2. The number of rotatable bonds is 0. The molecule has 0 heterocycles. The summed E-state index contributed by atoms with van der Waals surface area (Å²) < 4.78 is 0. The Balaban J connectivity index is 2.40. The van der Waals surface area contributed by atoms with Crippen LogP contribution in [-0.4, -0.2) is 11.6 Å². The molecule has 3 rings (SSSR count). The average Bonchev–Trinajstić information content (AvgIpc) is 2.41. The van der Waals surface area contributed by atoms with Gasteiger partial charge in [0, 0.05) is 11.1 Å². The highest BCUT2D eigenvalue weighted by molar-refractivity contribution is 6.46. The maximum atomic E-state index is 12.5. The molecule has 0 saturated heterocycles. The molecule has 0 radical (unpaired) electrons. The van der Waals surface area contributed by atoms with Crippen molar-refractivity contribution in [1.29, 1.82) is 0 Å². The van der Waals surface area contributed by atoms with Crippen molar-refractivity contribution >= 4 is 58.0 Å². The van der Waals surface area contributed by atoms with E-state index in [4.69, 9.17) is 46.4 Å². The van der Waals surface area contributed by atoms with Crippen molar-refractivity contribution in [2.75, 3.05) is 0 Å². The van der Waals surface area contributed by atoms with E-state index in [1.54, 1.807) is 0 Å². The molecule has 6 heteroatoms. The minimum absolute atomic E-state index is 0.107. The van der Waals surface area contributed by atoms with E-state index in [0.717, 1.165) is 0 Å². The number of carbonyl (C=O) groups excluding carboxylic acids is 2. The molecule has 20 heavy (non-hydrogen) atoms. The molecule has 1 aliphatic rings. The van der Waals surface area contributed by atoms with E-state index >= 15 is 0 Å². The molecule has 0 aliphatic heterocycles. The summed E-state index contributed by atoms with van der Waals surface area (Å²) in [6, 6.07) is 5.71. The second-order valence-corrected chi connectivity index (χ2v) is 5.88. The molecular formula is C14H4Cl4O2. The van der Waals surface area contributed by atoms with Gasteiger partial charge in [-0.15, -0.1) is 0 Å². The summed E-state index contributed by atoms with van der Waals surface area (Å²) in [7, 11) is 0. The van der Waals surface area contributed by atoms with Crippen molar-refractivity contribution < 1.29 is 9.59 Å². The molecule has 0 saturated carbocycles. The summed E-state index contributed by atoms with van der Waals surface area (Å²) in [6.45, 7) is 0. The van der Waals surface area contributed by atoms with Crippen LogP contribution in [-0.2, 0) is 0 Å². The van der Waals surface area contributed by atoms with Crippen LogP contribution in [0.15, 0.2) is 24.3 Å². The Labute approximate surface area is 134 Å². The molecule has 0 fully saturated rings. The lowest BCUT2D eigenvalue weighted by Crippen LogP contribution is -2.22. The first-order valence-electron chi connectivity index (χ1n) is 5.48. The van der Waals surface area contributed by atoms with Gasteiger partial charge >= 0.3 is 0 Å². The Morgan fingerprint density at radius 1 is 0.600 bits per heavy atom. The standard InChI is InChI=1S/C14H4Cl4O2/c15-7-1-2-8(16)12-11(7)13(19)5-3-9(17)10(18)4-6(5)14(12)20/h1-4H. The van der Waals surface area contributed by atoms with E-state index < -0.39 is 0 Å². The Kier molecular flexibility index (Phi) is 3.30. The normalized spacial score (nSPS) is 13.2. The largest absolute Gasteiger partial charge is 0.289 e. The van der Waals surface area contributed by atoms with Crippen molar-refractivity contribution in [1.82, 2.24) is 0 Å². The van der Waals surface area contributed by atoms with Crippen LogP contribution in [0.2, 0.25) is 20.1 Å². The smallest absolute Gasteiger partial charge is 0.196 e. The van der Waals surface area contributed by atoms with Crippen LogP contribution in [0.3, 0.4) is 0 Å². The highest BCUT2D eigenvalue weighted by Gasteiger charge is 2.34. The van der Waals surface area contributed by atoms with Gasteiger partial charge in [0.1, 0.15) is 0 Å². The number of ketones is 2. The molecule has 0 atom stereocenters. The quantitative estimate of drug-likeness (QED) is 0.569. The lowest BCUT2D eigenvalue weighted by Gasteiger charge is -2.20. The van der Waals surface area contributed by atoms with Crippen molar-refractivity contribution in [3.8, 4) is 0 Å². The fraction of sp³-hybridized carbons (Fsp3) is 0. The van der Waals surface area contributed by atoms with Crippen molar-refractivity contribution in [3.05, 3.63) is 66.6 Å². The summed E-state index contributed by atoms with van der Waals surface area (Å²) in [5.41, 5.74) is 0.576. The zero-order valence-electron chi connectivity index (χ0n) is 9.64. The Bertz CT molecular complexity index is 730. The highest BCUT2D eigenvalue weighted by Crippen LogP contribution is 2.38. The van der Waals surface area contributed by atoms with Crippen LogP contribution >= 0.6 is 46.4 Å². The summed E-state index contributed by atoms with van der Waals surface area (Å²) in [5.74, 6) is -0.777. The first-order chi connectivity index (χ1) is 9.41. The van der Waals surface area contributed by atoms with Gasteiger partial charge < -0.3 is 0 Å². The minimum atomic E-state index is -0.388. The van der Waals surface area contributed by atoms with Gasteiger partial charge in [0.15, 0.2) is 11.6 Å². The first kappa shape index (κ1) is 13.9. The number of hydrogen-bond acceptors (Lipinski definition) is 2. The number of halogens is 4. The predicted molar refractivity (Wildman–Crippen MR) is 79.8 cm³/mol. The fourth-order valence-electron chi connectivity index (χ4n) is 2.19. The van der Waals surface area contributed by atoms with Crippen LogP contribution in [0.1, 0.15) is 31.8 Å². The van der Waals surface area contributed by atoms with Crippen LogP contribution in [0.5, 0.6) is 0 Å². The van der Waals surface area contributed by atoms with Gasteiger partial charge in [0.2, 0.25) is 0 Å². The summed E-state index contributed by atoms with van der Waals surface area (Å²) in [6.07, 6.45) is 0. The molecule has 0 aromatic heterocycles. The lowest BCUT2D eigenvalue weighted by molar-refractivity contribution is 0.0979. The Hall–Kier alpha value is -1.06. The molecule has 0 unspecified atom stereocenters. The maximum absolute atomic E-state index is 12.5. The monoisotopic (exact) mass is 344 g/mol. The van der Waals surface area contributed by atoms with Crippen LogP contribution in [0.4, 0.5) is 0 Å². The predicted octanol–water partition coefficient (Wildman–Crippen LogP) is 5.08. The average molecular weight is 346 g/mol. The van der Waals surface area contributed by atoms with Gasteiger partial charge in [-0.3, -0.25) is 9.59 Å². The zero-order valence-corrected chi connectivity index (χ0v) is 12.7. The van der Waals surface area contributed by atoms with Gasteiger partial charge in [0.05, 0.1) is 31.2 Å².